The minimum absolute atomic E-state index is 0.0991. The van der Waals surface area contributed by atoms with E-state index in [0.29, 0.717) is 6.04 Å². The van der Waals surface area contributed by atoms with Crippen molar-refractivity contribution in [2.75, 3.05) is 27.3 Å². The second-order valence-electron chi connectivity index (χ2n) is 8.52. The Morgan fingerprint density at radius 2 is 2.00 bits per heavy atom. The van der Waals surface area contributed by atoms with E-state index in [1.807, 2.05) is 6.07 Å². The lowest BCUT2D eigenvalue weighted by Gasteiger charge is -2.50. The first-order valence-electron chi connectivity index (χ1n) is 10.1. The molecule has 0 amide bonds. The van der Waals surface area contributed by atoms with Crippen LogP contribution in [0, 0.1) is 12.8 Å². The Balaban J connectivity index is 1.66. The fraction of sp³-hybridized carbons (Fsp3) is 0.565. The number of piperidine rings is 1. The van der Waals surface area contributed by atoms with Gasteiger partial charge in [0.1, 0.15) is 5.76 Å². The monoisotopic (exact) mass is 367 g/mol. The average Bonchev–Trinajstić information content (AvgIpc) is 3.42. The van der Waals surface area contributed by atoms with Crippen LogP contribution >= 0.6 is 0 Å². The molecular formula is C23H29NO3. The maximum atomic E-state index is 6.58. The van der Waals surface area contributed by atoms with E-state index in [0.717, 1.165) is 36.1 Å². The van der Waals surface area contributed by atoms with Gasteiger partial charge < -0.3 is 14.2 Å². The number of hydrogen-bond donors (Lipinski definition) is 0. The molecule has 3 atom stereocenters. The van der Waals surface area contributed by atoms with E-state index in [2.05, 4.69) is 37.0 Å². The predicted octanol–water partition coefficient (Wildman–Crippen LogP) is 3.98. The van der Waals surface area contributed by atoms with Crippen molar-refractivity contribution in [1.29, 1.82) is 0 Å². The normalized spacial score (nSPS) is 31.9. The van der Waals surface area contributed by atoms with Gasteiger partial charge in [0.15, 0.2) is 17.6 Å². The number of nitrogens with zero attached hydrogens (tertiary/aromatic N) is 1. The van der Waals surface area contributed by atoms with Crippen LogP contribution in [0.5, 0.6) is 11.5 Å². The molecule has 1 aromatic rings. The zero-order chi connectivity index (χ0) is 18.8. The van der Waals surface area contributed by atoms with Crippen molar-refractivity contribution in [2.24, 2.45) is 5.92 Å². The predicted molar refractivity (Wildman–Crippen MR) is 105 cm³/mol. The van der Waals surface area contributed by atoms with Gasteiger partial charge in [-0.3, -0.25) is 4.90 Å². The molecular weight excluding hydrogens is 338 g/mol. The van der Waals surface area contributed by atoms with Crippen molar-refractivity contribution in [3.63, 3.8) is 0 Å². The van der Waals surface area contributed by atoms with Crippen LogP contribution in [0.4, 0.5) is 0 Å². The summed E-state index contributed by atoms with van der Waals surface area (Å²) < 4.78 is 18.0. The highest BCUT2D eigenvalue weighted by Gasteiger charge is 2.59. The molecule has 2 aliphatic heterocycles. The summed E-state index contributed by atoms with van der Waals surface area (Å²) >= 11 is 0. The summed E-state index contributed by atoms with van der Waals surface area (Å²) in [6, 6.07) is 4.60. The van der Waals surface area contributed by atoms with Crippen LogP contribution in [0.2, 0.25) is 0 Å². The van der Waals surface area contributed by atoms with Crippen molar-refractivity contribution in [1.82, 2.24) is 4.90 Å². The van der Waals surface area contributed by atoms with Crippen LogP contribution < -0.4 is 9.47 Å². The highest BCUT2D eigenvalue weighted by molar-refractivity contribution is 5.64. The third-order valence-corrected chi connectivity index (χ3v) is 7.10. The van der Waals surface area contributed by atoms with Gasteiger partial charge in [-0.15, -0.1) is 0 Å². The lowest BCUT2D eigenvalue weighted by molar-refractivity contribution is 0.0710. The van der Waals surface area contributed by atoms with Crippen molar-refractivity contribution >= 4 is 0 Å². The standard InChI is InChI=1S/C23H29NO3/c1-14-5-9-18(25-3)21-20(14)23-11-12-24(13-16-6-7-16)15(2)17(23)8-10-19(26-4)22(23)27-21/h5,8-10,15-16,22H,6-7,11-13H2,1-4H3/t15-,22+,23?/m1/s1. The Kier molecular flexibility index (Phi) is 3.84. The van der Waals surface area contributed by atoms with Gasteiger partial charge in [0.25, 0.3) is 0 Å². The molecule has 1 spiro atoms. The maximum absolute atomic E-state index is 6.58. The summed E-state index contributed by atoms with van der Waals surface area (Å²) in [6.07, 6.45) is 8.16. The van der Waals surface area contributed by atoms with Crippen molar-refractivity contribution in [3.8, 4) is 11.5 Å². The van der Waals surface area contributed by atoms with Gasteiger partial charge in [0.05, 0.1) is 19.6 Å². The van der Waals surface area contributed by atoms with E-state index in [-0.39, 0.29) is 11.5 Å². The van der Waals surface area contributed by atoms with E-state index >= 15 is 0 Å². The molecule has 27 heavy (non-hydrogen) atoms. The summed E-state index contributed by atoms with van der Waals surface area (Å²) in [7, 11) is 3.47. The van der Waals surface area contributed by atoms with Crippen LogP contribution in [0.25, 0.3) is 0 Å². The number of likely N-dealkylation sites (tertiary alicyclic amines) is 1. The molecule has 1 saturated heterocycles. The first-order valence-corrected chi connectivity index (χ1v) is 10.1. The van der Waals surface area contributed by atoms with Crippen molar-refractivity contribution in [2.45, 2.75) is 50.7 Å². The molecule has 2 aliphatic carbocycles. The average molecular weight is 367 g/mol. The van der Waals surface area contributed by atoms with Gasteiger partial charge in [0, 0.05) is 24.7 Å². The SMILES string of the molecule is COC1=CC=C2[C@@H](C)N(CC3CC3)CCC23c2c(C)ccc(OC)c2O[C@@H]13. The second kappa shape index (κ2) is 6.03. The minimum Gasteiger partial charge on any atom is -0.497 e. The molecule has 0 radical (unpaired) electrons. The number of rotatable bonds is 4. The summed E-state index contributed by atoms with van der Waals surface area (Å²) in [5.74, 6) is 3.54. The molecule has 1 aromatic carbocycles. The Labute approximate surface area is 161 Å². The Morgan fingerprint density at radius 3 is 2.70 bits per heavy atom. The molecule has 0 bridgehead atoms. The molecule has 4 aliphatic rings. The molecule has 0 aromatic heterocycles. The van der Waals surface area contributed by atoms with Gasteiger partial charge in [-0.1, -0.05) is 12.1 Å². The van der Waals surface area contributed by atoms with Crippen LogP contribution in [0.15, 0.2) is 35.6 Å². The van der Waals surface area contributed by atoms with Gasteiger partial charge >= 0.3 is 0 Å². The van der Waals surface area contributed by atoms with Crippen LogP contribution in [0.1, 0.15) is 37.3 Å². The quantitative estimate of drug-likeness (QED) is 0.806. The zero-order valence-corrected chi connectivity index (χ0v) is 16.7. The molecule has 0 N–H and O–H groups in total. The highest BCUT2D eigenvalue weighted by atomic mass is 16.6. The lowest BCUT2D eigenvalue weighted by Crippen LogP contribution is -2.56. The topological polar surface area (TPSA) is 30.9 Å². The molecule has 2 fully saturated rings. The number of benzene rings is 1. The van der Waals surface area contributed by atoms with Crippen LogP contribution in [-0.2, 0) is 10.2 Å². The molecule has 5 rings (SSSR count). The molecule has 1 unspecified atom stereocenters. The number of aryl methyl sites for hydroxylation is 1. The second-order valence-corrected chi connectivity index (χ2v) is 8.52. The summed E-state index contributed by atoms with van der Waals surface area (Å²) in [6.45, 7) is 6.89. The number of ether oxygens (including phenoxy) is 3. The Morgan fingerprint density at radius 1 is 1.19 bits per heavy atom. The van der Waals surface area contributed by atoms with Gasteiger partial charge in [-0.05, 0) is 62.3 Å². The van der Waals surface area contributed by atoms with Crippen LogP contribution in [-0.4, -0.2) is 44.4 Å². The van der Waals surface area contributed by atoms with E-state index < -0.39 is 0 Å². The van der Waals surface area contributed by atoms with Crippen molar-refractivity contribution in [3.05, 3.63) is 46.7 Å². The molecule has 4 heteroatoms. The van der Waals surface area contributed by atoms with E-state index in [4.69, 9.17) is 14.2 Å². The fourth-order valence-electron chi connectivity index (χ4n) is 5.53. The van der Waals surface area contributed by atoms with E-state index in [1.165, 1.54) is 36.1 Å². The summed E-state index contributed by atoms with van der Waals surface area (Å²) in [5, 5.41) is 0. The molecule has 144 valence electrons. The largest absolute Gasteiger partial charge is 0.497 e. The first-order chi connectivity index (χ1) is 13.1. The Bertz CT molecular complexity index is 838. The van der Waals surface area contributed by atoms with Gasteiger partial charge in [-0.2, -0.15) is 0 Å². The number of methoxy groups -OCH3 is 2. The minimum atomic E-state index is -0.145. The zero-order valence-electron chi connectivity index (χ0n) is 16.7. The third-order valence-electron chi connectivity index (χ3n) is 7.10. The van der Waals surface area contributed by atoms with Gasteiger partial charge in [-0.25, -0.2) is 0 Å². The highest BCUT2D eigenvalue weighted by Crippen LogP contribution is 2.59. The number of fused-ring (bicyclic) bond motifs is 1. The molecule has 1 saturated carbocycles. The van der Waals surface area contributed by atoms with Gasteiger partial charge in [0.2, 0.25) is 0 Å². The third kappa shape index (κ3) is 2.32. The smallest absolute Gasteiger partial charge is 0.169 e. The molecule has 2 heterocycles. The van der Waals surface area contributed by atoms with E-state index in [9.17, 15) is 0 Å². The van der Waals surface area contributed by atoms with Crippen molar-refractivity contribution < 1.29 is 14.2 Å². The lowest BCUT2D eigenvalue weighted by atomic mass is 9.61. The number of allylic oxidation sites excluding steroid dienone is 2. The van der Waals surface area contributed by atoms with E-state index in [1.54, 1.807) is 14.2 Å². The fourth-order valence-corrected chi connectivity index (χ4v) is 5.53. The van der Waals surface area contributed by atoms with Crippen LogP contribution in [0.3, 0.4) is 0 Å². The summed E-state index contributed by atoms with van der Waals surface area (Å²) in [4.78, 5) is 2.67. The first kappa shape index (κ1) is 17.2. The number of hydrogen-bond acceptors (Lipinski definition) is 4. The Hall–Kier alpha value is -1.94. The summed E-state index contributed by atoms with van der Waals surface area (Å²) in [5.41, 5.74) is 3.90. The molecule has 4 nitrogen and oxygen atoms in total. The maximum Gasteiger partial charge on any atom is 0.169 e.